The average molecular weight is 685 g/mol. The van der Waals surface area contributed by atoms with Gasteiger partial charge in [-0.25, -0.2) is 5.01 Å². The summed E-state index contributed by atoms with van der Waals surface area (Å²) in [6.45, 7) is 7.41. The summed E-state index contributed by atoms with van der Waals surface area (Å²) in [7, 11) is 4.18. The van der Waals surface area contributed by atoms with Crippen molar-refractivity contribution in [2.24, 2.45) is 5.73 Å². The van der Waals surface area contributed by atoms with E-state index < -0.39 is 6.04 Å². The number of carbonyl (C=O) groups is 1. The van der Waals surface area contributed by atoms with Gasteiger partial charge in [-0.15, -0.1) is 0 Å². The Balaban J connectivity index is 4.21. The summed E-state index contributed by atoms with van der Waals surface area (Å²) in [4.78, 5) is 15.1. The maximum atomic E-state index is 12.9. The van der Waals surface area contributed by atoms with Gasteiger partial charge in [0.2, 0.25) is 0 Å². The number of amides is 1. The van der Waals surface area contributed by atoms with E-state index in [9.17, 15) is 4.79 Å². The number of rotatable bonds is 37. The van der Waals surface area contributed by atoms with E-state index in [-0.39, 0.29) is 5.91 Å². The molecule has 0 fully saturated rings. The van der Waals surface area contributed by atoms with Crippen LogP contribution in [-0.4, -0.2) is 55.6 Å². The molecule has 0 spiro atoms. The molecule has 0 aliphatic rings. The molecule has 286 valence electrons. The Labute approximate surface area is 306 Å². The summed E-state index contributed by atoms with van der Waals surface area (Å²) in [6.07, 6.45) is 51.6. The molecule has 0 bridgehead atoms. The molecule has 5 nitrogen and oxygen atoms in total. The van der Waals surface area contributed by atoms with Crippen molar-refractivity contribution in [3.63, 3.8) is 0 Å². The second-order valence-electron chi connectivity index (χ2n) is 14.5. The molecule has 49 heavy (non-hydrogen) atoms. The molecule has 0 saturated carbocycles. The number of carbonyl (C=O) groups excluding carboxylic acids is 1. The quantitative estimate of drug-likeness (QED) is 0.0388. The first-order valence-corrected chi connectivity index (χ1v) is 21.1. The minimum absolute atomic E-state index is 0.00932. The van der Waals surface area contributed by atoms with Crippen molar-refractivity contribution in [2.75, 3.05) is 33.7 Å². The van der Waals surface area contributed by atoms with E-state index in [1.54, 1.807) is 0 Å². The summed E-state index contributed by atoms with van der Waals surface area (Å²) >= 11 is 0. The van der Waals surface area contributed by atoms with Crippen molar-refractivity contribution in [1.29, 1.82) is 0 Å². The predicted octanol–water partition coefficient (Wildman–Crippen LogP) is 12.0. The van der Waals surface area contributed by atoms with Crippen LogP contribution < -0.4 is 11.2 Å². The fourth-order valence-electron chi connectivity index (χ4n) is 5.97. The van der Waals surface area contributed by atoms with Gasteiger partial charge in [-0.05, 0) is 111 Å². The first-order chi connectivity index (χ1) is 24.0. The number of nitrogens with one attached hydrogen (secondary N) is 1. The average Bonchev–Trinajstić information content (AvgIpc) is 3.09. The molecular formula is C44H84N4O. The first-order valence-electron chi connectivity index (χ1n) is 21.1. The van der Waals surface area contributed by atoms with Crippen molar-refractivity contribution >= 4 is 5.91 Å². The third-order valence-electron chi connectivity index (χ3n) is 9.23. The van der Waals surface area contributed by atoms with Crippen LogP contribution in [0.25, 0.3) is 0 Å². The normalized spacial score (nSPS) is 13.0. The van der Waals surface area contributed by atoms with Crippen LogP contribution in [0, 0.1) is 0 Å². The molecule has 1 atom stereocenters. The van der Waals surface area contributed by atoms with Crippen molar-refractivity contribution in [3.05, 3.63) is 48.6 Å². The lowest BCUT2D eigenvalue weighted by atomic mass is 10.1. The summed E-state index contributed by atoms with van der Waals surface area (Å²) in [5.74, 6) is -0.00932. The Bertz CT molecular complexity index is 755. The molecule has 0 aromatic carbocycles. The van der Waals surface area contributed by atoms with Gasteiger partial charge < -0.3 is 10.6 Å². The van der Waals surface area contributed by atoms with Crippen LogP contribution in [0.5, 0.6) is 0 Å². The Kier molecular flexibility index (Phi) is 37.8. The smallest absolute Gasteiger partial charge is 0.251 e. The summed E-state index contributed by atoms with van der Waals surface area (Å²) in [5.41, 5.74) is 9.50. The van der Waals surface area contributed by atoms with Gasteiger partial charge in [0.25, 0.3) is 5.91 Å². The lowest BCUT2D eigenvalue weighted by Crippen LogP contribution is -2.50. The second kappa shape index (κ2) is 39.1. The van der Waals surface area contributed by atoms with Gasteiger partial charge in [0.1, 0.15) is 0 Å². The van der Waals surface area contributed by atoms with E-state index in [1.807, 2.05) is 0 Å². The van der Waals surface area contributed by atoms with Crippen LogP contribution in [0.1, 0.15) is 187 Å². The van der Waals surface area contributed by atoms with Gasteiger partial charge in [-0.2, -0.15) is 0 Å². The molecule has 1 unspecified atom stereocenters. The Morgan fingerprint density at radius 3 is 1.29 bits per heavy atom. The molecule has 0 aliphatic heterocycles. The minimum Gasteiger partial charge on any atom is -0.320 e. The van der Waals surface area contributed by atoms with Crippen molar-refractivity contribution < 1.29 is 4.79 Å². The maximum absolute atomic E-state index is 12.9. The molecule has 0 aromatic rings. The summed E-state index contributed by atoms with van der Waals surface area (Å²) in [5, 5.41) is 2.17. The van der Waals surface area contributed by atoms with Gasteiger partial charge >= 0.3 is 0 Å². The lowest BCUT2D eigenvalue weighted by molar-refractivity contribution is -0.127. The van der Waals surface area contributed by atoms with Crippen LogP contribution in [0.2, 0.25) is 0 Å². The molecule has 0 aromatic heterocycles. The highest BCUT2D eigenvalue weighted by Crippen LogP contribution is 2.11. The molecule has 5 heteroatoms. The van der Waals surface area contributed by atoms with Crippen molar-refractivity contribution in [3.8, 4) is 0 Å². The van der Waals surface area contributed by atoms with E-state index in [0.29, 0.717) is 0 Å². The SMILES string of the molecule is CCCCC/C=C\C/C=C\CCCCCCCCN(CCCCCCCC/C=C\C/C=C\CCCCC)NC(=O)C(N)CCCCN(C)C. The summed E-state index contributed by atoms with van der Waals surface area (Å²) < 4.78 is 0. The highest BCUT2D eigenvalue weighted by molar-refractivity contribution is 5.80. The minimum atomic E-state index is -0.420. The number of nitrogens with two attached hydrogens (primary N) is 1. The largest absolute Gasteiger partial charge is 0.320 e. The molecule has 3 N–H and O–H groups in total. The number of allylic oxidation sites excluding steroid dienone is 8. The zero-order chi connectivity index (χ0) is 35.9. The third kappa shape index (κ3) is 37.4. The highest BCUT2D eigenvalue weighted by atomic mass is 16.2. The van der Waals surface area contributed by atoms with Crippen LogP contribution in [-0.2, 0) is 4.79 Å². The zero-order valence-electron chi connectivity index (χ0n) is 33.3. The predicted molar refractivity (Wildman–Crippen MR) is 219 cm³/mol. The number of unbranched alkanes of at least 4 members (excludes halogenated alkanes) is 19. The zero-order valence-corrected chi connectivity index (χ0v) is 33.3. The molecule has 0 saturated heterocycles. The first kappa shape index (κ1) is 47.3. The molecular weight excluding hydrogens is 601 g/mol. The molecule has 1 amide bonds. The number of hydrogen-bond acceptors (Lipinski definition) is 4. The van der Waals surface area contributed by atoms with E-state index in [4.69, 9.17) is 5.73 Å². The fourth-order valence-corrected chi connectivity index (χ4v) is 5.97. The van der Waals surface area contributed by atoms with E-state index in [0.717, 1.165) is 64.6 Å². The van der Waals surface area contributed by atoms with Gasteiger partial charge in [0.15, 0.2) is 0 Å². The van der Waals surface area contributed by atoms with E-state index in [1.165, 1.54) is 128 Å². The van der Waals surface area contributed by atoms with Crippen molar-refractivity contribution in [1.82, 2.24) is 15.3 Å². The van der Waals surface area contributed by atoms with E-state index in [2.05, 4.69) is 91.9 Å². The monoisotopic (exact) mass is 685 g/mol. The van der Waals surface area contributed by atoms with Gasteiger partial charge in [-0.3, -0.25) is 10.2 Å². The summed E-state index contributed by atoms with van der Waals surface area (Å²) in [6, 6.07) is -0.420. The number of nitrogens with zero attached hydrogens (tertiary/aromatic N) is 2. The highest BCUT2D eigenvalue weighted by Gasteiger charge is 2.16. The fraction of sp³-hybridized carbons (Fsp3) is 0.795. The molecule has 0 rings (SSSR count). The Hall–Kier alpha value is -1.69. The maximum Gasteiger partial charge on any atom is 0.251 e. The van der Waals surface area contributed by atoms with Gasteiger partial charge in [0.05, 0.1) is 6.04 Å². The van der Waals surface area contributed by atoms with Crippen LogP contribution in [0.15, 0.2) is 48.6 Å². The second-order valence-corrected chi connectivity index (χ2v) is 14.5. The Morgan fingerprint density at radius 1 is 0.510 bits per heavy atom. The van der Waals surface area contributed by atoms with E-state index >= 15 is 0 Å². The molecule has 0 heterocycles. The number of hydrogen-bond donors (Lipinski definition) is 2. The van der Waals surface area contributed by atoms with Crippen LogP contribution in [0.3, 0.4) is 0 Å². The Morgan fingerprint density at radius 2 is 0.878 bits per heavy atom. The van der Waals surface area contributed by atoms with Crippen LogP contribution >= 0.6 is 0 Å². The van der Waals surface area contributed by atoms with Crippen LogP contribution in [0.4, 0.5) is 0 Å². The molecule has 0 radical (unpaired) electrons. The van der Waals surface area contributed by atoms with Gasteiger partial charge in [0, 0.05) is 13.1 Å². The topological polar surface area (TPSA) is 61.6 Å². The third-order valence-corrected chi connectivity index (χ3v) is 9.23. The standard InChI is InChI=1S/C44H84N4O/c1-5-7-9-11-13-15-17-19-21-23-25-27-29-31-33-36-41-48(46-44(49)43(45)39-35-38-40-47(3)4)42-37-34-32-30-28-26-24-22-20-18-16-14-12-10-8-6-2/h13-16,19-22,43H,5-12,17-18,23-42,45H2,1-4H3,(H,46,49)/b15-13-,16-14-,21-19-,22-20-. The van der Waals surface area contributed by atoms with Crippen molar-refractivity contribution in [2.45, 2.75) is 193 Å². The van der Waals surface area contributed by atoms with Gasteiger partial charge in [-0.1, -0.05) is 146 Å². The number of hydrazine groups is 1. The molecule has 0 aliphatic carbocycles. The lowest BCUT2D eigenvalue weighted by Gasteiger charge is -2.25.